The Morgan fingerprint density at radius 2 is 2.05 bits per heavy atom. The highest BCUT2D eigenvalue weighted by Crippen LogP contribution is 2.26. The molecule has 0 aliphatic rings. The second-order valence-corrected chi connectivity index (χ2v) is 5.22. The fourth-order valence-electron chi connectivity index (χ4n) is 2.24. The first-order valence-electron chi connectivity index (χ1n) is 6.59. The molecule has 2 aromatic rings. The predicted molar refractivity (Wildman–Crippen MR) is 80.0 cm³/mol. The minimum absolute atomic E-state index is 0.254. The Balaban J connectivity index is 2.27. The van der Waals surface area contributed by atoms with E-state index in [0.717, 1.165) is 24.0 Å². The number of hydrogen-bond donors (Lipinski definition) is 1. The van der Waals surface area contributed by atoms with E-state index in [1.165, 1.54) is 11.3 Å². The first-order valence-corrected chi connectivity index (χ1v) is 7.39. The molecule has 0 aliphatic heterocycles. The largest absolute Gasteiger partial charge is 0.309 e. The van der Waals surface area contributed by atoms with Gasteiger partial charge in [0.2, 0.25) is 0 Å². The summed E-state index contributed by atoms with van der Waals surface area (Å²) < 4.78 is 3.10. The maximum Gasteiger partial charge on any atom is 0.0698 e. The molecule has 1 atom stereocenters. The van der Waals surface area contributed by atoms with Gasteiger partial charge in [-0.05, 0) is 53.5 Å². The second kappa shape index (κ2) is 6.82. The average Bonchev–Trinajstić information content (AvgIpc) is 2.80. The average molecular weight is 323 g/mol. The minimum Gasteiger partial charge on any atom is -0.309 e. The number of rotatable bonds is 6. The van der Waals surface area contributed by atoms with Crippen LogP contribution in [0.2, 0.25) is 0 Å². The molecule has 0 spiro atoms. The van der Waals surface area contributed by atoms with Gasteiger partial charge in [0.1, 0.15) is 0 Å². The van der Waals surface area contributed by atoms with Gasteiger partial charge in [-0.2, -0.15) is 5.10 Å². The number of nitrogens with one attached hydrogen (secondary N) is 1. The molecule has 2 rings (SSSR count). The van der Waals surface area contributed by atoms with Crippen LogP contribution in [0.4, 0.5) is 0 Å². The summed E-state index contributed by atoms with van der Waals surface area (Å²) in [6.45, 7) is 6.04. The third-order valence-corrected chi connectivity index (χ3v) is 3.71. The number of hydrogen-bond acceptors (Lipinski definition) is 3. The van der Waals surface area contributed by atoms with E-state index in [9.17, 15) is 0 Å². The van der Waals surface area contributed by atoms with Crippen LogP contribution in [-0.2, 0) is 13.0 Å². The molecular formula is C14H19BrN4. The summed E-state index contributed by atoms with van der Waals surface area (Å²) in [6, 6.07) is 4.37. The summed E-state index contributed by atoms with van der Waals surface area (Å²) in [6.07, 6.45) is 6.48. The zero-order chi connectivity index (χ0) is 13.7. The Morgan fingerprint density at radius 3 is 2.68 bits per heavy atom. The molecule has 19 heavy (non-hydrogen) atoms. The van der Waals surface area contributed by atoms with Gasteiger partial charge >= 0.3 is 0 Å². The number of pyridine rings is 1. The van der Waals surface area contributed by atoms with Gasteiger partial charge in [0.25, 0.3) is 0 Å². The van der Waals surface area contributed by atoms with Crippen LogP contribution in [0.3, 0.4) is 0 Å². The van der Waals surface area contributed by atoms with Crippen LogP contribution in [0.15, 0.2) is 35.2 Å². The molecule has 0 amide bonds. The zero-order valence-corrected chi connectivity index (χ0v) is 12.9. The van der Waals surface area contributed by atoms with Crippen LogP contribution in [0.5, 0.6) is 0 Å². The third-order valence-electron chi connectivity index (χ3n) is 3.10. The maximum atomic E-state index is 4.40. The van der Waals surface area contributed by atoms with Gasteiger partial charge < -0.3 is 5.32 Å². The lowest BCUT2D eigenvalue weighted by molar-refractivity contribution is 0.488. The highest BCUT2D eigenvalue weighted by molar-refractivity contribution is 9.10. The molecular weight excluding hydrogens is 304 g/mol. The third kappa shape index (κ3) is 3.42. The molecule has 2 heterocycles. The maximum absolute atomic E-state index is 4.40. The summed E-state index contributed by atoms with van der Waals surface area (Å²) in [5.74, 6) is 0. The van der Waals surface area contributed by atoms with Gasteiger partial charge in [-0.1, -0.05) is 6.92 Å². The standard InChI is InChI=1S/C14H19BrN4/c1-3-17-13(9-11-5-7-16-8-6-11)14-12(15)10-18-19(14)4-2/h5-8,10,13,17H,3-4,9H2,1-2H3. The van der Waals surface area contributed by atoms with Crippen molar-refractivity contribution in [2.24, 2.45) is 0 Å². The molecule has 1 N–H and O–H groups in total. The van der Waals surface area contributed by atoms with Crippen LogP contribution in [0, 0.1) is 0 Å². The number of aromatic nitrogens is 3. The Morgan fingerprint density at radius 1 is 1.32 bits per heavy atom. The van der Waals surface area contributed by atoms with E-state index >= 15 is 0 Å². The van der Waals surface area contributed by atoms with Gasteiger partial charge in [-0.15, -0.1) is 0 Å². The van der Waals surface area contributed by atoms with Gasteiger partial charge in [0.05, 0.1) is 22.4 Å². The lowest BCUT2D eigenvalue weighted by Crippen LogP contribution is -2.26. The number of nitrogens with zero attached hydrogens (tertiary/aromatic N) is 3. The van der Waals surface area contributed by atoms with E-state index in [0.29, 0.717) is 0 Å². The monoisotopic (exact) mass is 322 g/mol. The van der Waals surface area contributed by atoms with Crippen molar-refractivity contribution in [3.8, 4) is 0 Å². The van der Waals surface area contributed by atoms with Crippen LogP contribution >= 0.6 is 15.9 Å². The fraction of sp³-hybridized carbons (Fsp3) is 0.429. The number of likely N-dealkylation sites (N-methyl/N-ethyl adjacent to an activating group) is 1. The number of aryl methyl sites for hydroxylation is 1. The van der Waals surface area contributed by atoms with Crippen molar-refractivity contribution in [1.29, 1.82) is 0 Å². The highest BCUT2D eigenvalue weighted by Gasteiger charge is 2.19. The normalized spacial score (nSPS) is 12.6. The smallest absolute Gasteiger partial charge is 0.0698 e. The molecule has 5 heteroatoms. The molecule has 2 aromatic heterocycles. The molecule has 0 saturated carbocycles. The Labute approximate surface area is 122 Å². The Bertz CT molecular complexity index is 509. The lowest BCUT2D eigenvalue weighted by Gasteiger charge is -2.20. The predicted octanol–water partition coefficient (Wildman–Crippen LogP) is 2.95. The second-order valence-electron chi connectivity index (χ2n) is 4.36. The van der Waals surface area contributed by atoms with Gasteiger partial charge in [-0.3, -0.25) is 9.67 Å². The zero-order valence-electron chi connectivity index (χ0n) is 11.3. The molecule has 1 unspecified atom stereocenters. The van der Waals surface area contributed by atoms with Crippen LogP contribution in [0.25, 0.3) is 0 Å². The summed E-state index contributed by atoms with van der Waals surface area (Å²) >= 11 is 3.61. The van der Waals surface area contributed by atoms with Crippen molar-refractivity contribution in [2.45, 2.75) is 32.9 Å². The van der Waals surface area contributed by atoms with Crippen molar-refractivity contribution in [2.75, 3.05) is 6.54 Å². The van der Waals surface area contributed by atoms with E-state index in [4.69, 9.17) is 0 Å². The summed E-state index contributed by atoms with van der Waals surface area (Å²) in [5.41, 5.74) is 2.48. The van der Waals surface area contributed by atoms with E-state index in [-0.39, 0.29) is 6.04 Å². The lowest BCUT2D eigenvalue weighted by atomic mass is 10.0. The van der Waals surface area contributed by atoms with Crippen molar-refractivity contribution in [3.63, 3.8) is 0 Å². The van der Waals surface area contributed by atoms with E-state index in [1.807, 2.05) is 23.3 Å². The van der Waals surface area contributed by atoms with Gasteiger partial charge in [-0.25, -0.2) is 0 Å². The summed E-state index contributed by atoms with van der Waals surface area (Å²) in [5, 5.41) is 7.93. The van der Waals surface area contributed by atoms with Crippen LogP contribution < -0.4 is 5.32 Å². The van der Waals surface area contributed by atoms with Gasteiger partial charge in [0, 0.05) is 18.9 Å². The molecule has 4 nitrogen and oxygen atoms in total. The van der Waals surface area contributed by atoms with Crippen molar-refractivity contribution >= 4 is 15.9 Å². The van der Waals surface area contributed by atoms with E-state index in [2.05, 4.69) is 57.3 Å². The van der Waals surface area contributed by atoms with Crippen molar-refractivity contribution in [1.82, 2.24) is 20.1 Å². The van der Waals surface area contributed by atoms with Crippen LogP contribution in [-0.4, -0.2) is 21.3 Å². The molecule has 0 bridgehead atoms. The molecule has 0 aromatic carbocycles. The molecule has 0 aliphatic carbocycles. The first kappa shape index (κ1) is 14.2. The first-order chi connectivity index (χ1) is 9.26. The molecule has 0 fully saturated rings. The van der Waals surface area contributed by atoms with Gasteiger partial charge in [0.15, 0.2) is 0 Å². The summed E-state index contributed by atoms with van der Waals surface area (Å²) in [4.78, 5) is 4.07. The Hall–Kier alpha value is -1.20. The minimum atomic E-state index is 0.254. The quantitative estimate of drug-likeness (QED) is 0.889. The summed E-state index contributed by atoms with van der Waals surface area (Å²) in [7, 11) is 0. The molecule has 102 valence electrons. The Kier molecular flexibility index (Phi) is 5.10. The SMILES string of the molecule is CCNC(Cc1ccncc1)c1c(Br)cnn1CC. The fourth-order valence-corrected chi connectivity index (χ4v) is 2.81. The molecule has 0 radical (unpaired) electrons. The van der Waals surface area contributed by atoms with E-state index in [1.54, 1.807) is 0 Å². The van der Waals surface area contributed by atoms with E-state index < -0.39 is 0 Å². The topological polar surface area (TPSA) is 42.7 Å². The van der Waals surface area contributed by atoms with Crippen LogP contribution in [0.1, 0.15) is 31.1 Å². The van der Waals surface area contributed by atoms with Crippen molar-refractivity contribution in [3.05, 3.63) is 46.5 Å². The molecule has 0 saturated heterocycles. The van der Waals surface area contributed by atoms with Crippen molar-refractivity contribution < 1.29 is 0 Å². The highest BCUT2D eigenvalue weighted by atomic mass is 79.9. The number of halogens is 1.